The largest absolute Gasteiger partial charge is 0.393 e. The van der Waals surface area contributed by atoms with Crippen LogP contribution in [0.2, 0.25) is 0 Å². The van der Waals surface area contributed by atoms with E-state index in [1.807, 2.05) is 19.9 Å². The molecule has 0 amide bonds. The number of nitrogens with one attached hydrogen (secondary N) is 1. The SMILES string of the molecule is Cc1cc(C)nc(NCc2ccccc2CN2CCC(O)CC2)n1. The number of nitrogens with zero attached hydrogens (tertiary/aromatic N) is 3. The van der Waals surface area contributed by atoms with Gasteiger partial charge in [-0.2, -0.15) is 0 Å². The fourth-order valence-electron chi connectivity index (χ4n) is 3.18. The third kappa shape index (κ3) is 4.52. The third-order valence-electron chi connectivity index (χ3n) is 4.49. The molecular weight excluding hydrogens is 300 g/mol. The van der Waals surface area contributed by atoms with E-state index in [0.717, 1.165) is 50.4 Å². The van der Waals surface area contributed by atoms with Crippen LogP contribution in [0.3, 0.4) is 0 Å². The van der Waals surface area contributed by atoms with Gasteiger partial charge in [-0.15, -0.1) is 0 Å². The van der Waals surface area contributed by atoms with Crippen molar-refractivity contribution in [1.29, 1.82) is 0 Å². The predicted octanol–water partition coefficient (Wildman–Crippen LogP) is 2.66. The topological polar surface area (TPSA) is 61.3 Å². The van der Waals surface area contributed by atoms with Gasteiger partial charge in [0.15, 0.2) is 0 Å². The molecule has 1 aliphatic rings. The van der Waals surface area contributed by atoms with E-state index in [4.69, 9.17) is 0 Å². The van der Waals surface area contributed by atoms with Crippen molar-refractivity contribution in [2.24, 2.45) is 0 Å². The molecule has 2 heterocycles. The highest BCUT2D eigenvalue weighted by atomic mass is 16.3. The maximum Gasteiger partial charge on any atom is 0.223 e. The molecular formula is C19H26N4O. The van der Waals surface area contributed by atoms with Gasteiger partial charge in [0.2, 0.25) is 5.95 Å². The van der Waals surface area contributed by atoms with Crippen LogP contribution in [0, 0.1) is 13.8 Å². The van der Waals surface area contributed by atoms with Crippen LogP contribution >= 0.6 is 0 Å². The van der Waals surface area contributed by atoms with E-state index in [0.29, 0.717) is 5.95 Å². The Labute approximate surface area is 143 Å². The Morgan fingerprint density at radius 1 is 1.08 bits per heavy atom. The maximum atomic E-state index is 9.65. The molecule has 1 fully saturated rings. The highest BCUT2D eigenvalue weighted by Gasteiger charge is 2.17. The number of hydrogen-bond acceptors (Lipinski definition) is 5. The minimum absolute atomic E-state index is 0.125. The number of aliphatic hydroxyl groups excluding tert-OH is 1. The first kappa shape index (κ1) is 16.9. The number of benzene rings is 1. The molecule has 1 aromatic heterocycles. The highest BCUT2D eigenvalue weighted by molar-refractivity contribution is 5.33. The predicted molar refractivity (Wildman–Crippen MR) is 95.8 cm³/mol. The first-order valence-corrected chi connectivity index (χ1v) is 8.63. The van der Waals surface area contributed by atoms with Crippen molar-refractivity contribution < 1.29 is 5.11 Å². The fraction of sp³-hybridized carbons (Fsp3) is 0.474. The molecule has 0 bridgehead atoms. The van der Waals surface area contributed by atoms with Gasteiger partial charge in [0.25, 0.3) is 0 Å². The van der Waals surface area contributed by atoms with Crippen molar-refractivity contribution in [3.63, 3.8) is 0 Å². The van der Waals surface area contributed by atoms with Gasteiger partial charge in [0.05, 0.1) is 6.10 Å². The summed E-state index contributed by atoms with van der Waals surface area (Å²) in [5.74, 6) is 0.684. The van der Waals surface area contributed by atoms with Gasteiger partial charge in [-0.3, -0.25) is 4.90 Å². The molecule has 1 aromatic carbocycles. The number of piperidine rings is 1. The first-order chi connectivity index (χ1) is 11.6. The van der Waals surface area contributed by atoms with Crippen molar-refractivity contribution in [2.75, 3.05) is 18.4 Å². The van der Waals surface area contributed by atoms with Crippen molar-refractivity contribution in [3.8, 4) is 0 Å². The van der Waals surface area contributed by atoms with Crippen LogP contribution in [-0.2, 0) is 13.1 Å². The lowest BCUT2D eigenvalue weighted by atomic mass is 10.0. The number of aliphatic hydroxyl groups is 1. The second kappa shape index (κ2) is 7.73. The molecule has 0 aliphatic carbocycles. The minimum Gasteiger partial charge on any atom is -0.393 e. The molecule has 1 aliphatic heterocycles. The van der Waals surface area contributed by atoms with E-state index in [1.54, 1.807) is 0 Å². The zero-order valence-electron chi connectivity index (χ0n) is 14.5. The molecule has 2 N–H and O–H groups in total. The lowest BCUT2D eigenvalue weighted by Crippen LogP contribution is -2.35. The average Bonchev–Trinajstić information content (AvgIpc) is 2.55. The van der Waals surface area contributed by atoms with Gasteiger partial charge in [0.1, 0.15) is 0 Å². The third-order valence-corrected chi connectivity index (χ3v) is 4.49. The Balaban J connectivity index is 1.65. The normalized spacial score (nSPS) is 16.3. The van der Waals surface area contributed by atoms with Crippen molar-refractivity contribution in [3.05, 3.63) is 52.8 Å². The molecule has 5 heteroatoms. The molecule has 128 valence electrons. The smallest absolute Gasteiger partial charge is 0.223 e. The van der Waals surface area contributed by atoms with Gasteiger partial charge in [0, 0.05) is 37.6 Å². The molecule has 2 aromatic rings. The molecule has 0 radical (unpaired) electrons. The number of aryl methyl sites for hydroxylation is 2. The van der Waals surface area contributed by atoms with E-state index < -0.39 is 0 Å². The van der Waals surface area contributed by atoms with E-state index in [9.17, 15) is 5.11 Å². The maximum absolute atomic E-state index is 9.65. The number of aromatic nitrogens is 2. The second-order valence-electron chi connectivity index (χ2n) is 6.60. The van der Waals surface area contributed by atoms with Crippen molar-refractivity contribution in [2.45, 2.75) is 45.9 Å². The molecule has 0 unspecified atom stereocenters. The Morgan fingerprint density at radius 2 is 1.71 bits per heavy atom. The van der Waals surface area contributed by atoms with Crippen LogP contribution in [-0.4, -0.2) is 39.2 Å². The van der Waals surface area contributed by atoms with E-state index in [1.165, 1.54) is 11.1 Å². The number of likely N-dealkylation sites (tertiary alicyclic amines) is 1. The molecule has 1 saturated heterocycles. The van der Waals surface area contributed by atoms with Crippen LogP contribution in [0.5, 0.6) is 0 Å². The molecule has 24 heavy (non-hydrogen) atoms. The highest BCUT2D eigenvalue weighted by Crippen LogP contribution is 2.17. The molecule has 0 saturated carbocycles. The second-order valence-corrected chi connectivity index (χ2v) is 6.60. The summed E-state index contributed by atoms with van der Waals surface area (Å²) in [5.41, 5.74) is 4.55. The molecule has 3 rings (SSSR count). The lowest BCUT2D eigenvalue weighted by molar-refractivity contribution is 0.0791. The summed E-state index contributed by atoms with van der Waals surface area (Å²) in [6, 6.07) is 10.5. The van der Waals surface area contributed by atoms with Crippen molar-refractivity contribution >= 4 is 5.95 Å². The summed E-state index contributed by atoms with van der Waals surface area (Å²) < 4.78 is 0. The zero-order valence-corrected chi connectivity index (χ0v) is 14.5. The summed E-state index contributed by atoms with van der Waals surface area (Å²) in [6.45, 7) is 7.54. The van der Waals surface area contributed by atoms with Crippen LogP contribution in [0.4, 0.5) is 5.95 Å². The number of anilines is 1. The Hall–Kier alpha value is -1.98. The van der Waals surface area contributed by atoms with Crippen LogP contribution in [0.15, 0.2) is 30.3 Å². The standard InChI is InChI=1S/C19H26N4O/c1-14-11-15(2)22-19(21-14)20-12-16-5-3-4-6-17(16)13-23-9-7-18(24)8-10-23/h3-6,11,18,24H,7-10,12-13H2,1-2H3,(H,20,21,22). The van der Waals surface area contributed by atoms with Gasteiger partial charge in [-0.25, -0.2) is 9.97 Å². The lowest BCUT2D eigenvalue weighted by Gasteiger charge is -2.30. The fourth-order valence-corrected chi connectivity index (χ4v) is 3.18. The zero-order chi connectivity index (χ0) is 16.9. The van der Waals surface area contributed by atoms with Crippen LogP contribution in [0.1, 0.15) is 35.4 Å². The molecule has 5 nitrogen and oxygen atoms in total. The Bertz CT molecular complexity index is 661. The van der Waals surface area contributed by atoms with Gasteiger partial charge < -0.3 is 10.4 Å². The summed E-state index contributed by atoms with van der Waals surface area (Å²) in [4.78, 5) is 11.3. The summed E-state index contributed by atoms with van der Waals surface area (Å²) in [5, 5.41) is 13.0. The van der Waals surface area contributed by atoms with E-state index in [2.05, 4.69) is 44.5 Å². The Kier molecular flexibility index (Phi) is 5.43. The van der Waals surface area contributed by atoms with Gasteiger partial charge >= 0.3 is 0 Å². The van der Waals surface area contributed by atoms with E-state index in [-0.39, 0.29) is 6.10 Å². The quantitative estimate of drug-likeness (QED) is 0.884. The molecule has 0 atom stereocenters. The Morgan fingerprint density at radius 3 is 2.38 bits per heavy atom. The van der Waals surface area contributed by atoms with Crippen LogP contribution in [0.25, 0.3) is 0 Å². The van der Waals surface area contributed by atoms with Crippen LogP contribution < -0.4 is 5.32 Å². The minimum atomic E-state index is -0.125. The van der Waals surface area contributed by atoms with Gasteiger partial charge in [-0.1, -0.05) is 24.3 Å². The van der Waals surface area contributed by atoms with Gasteiger partial charge in [-0.05, 0) is 43.9 Å². The number of rotatable bonds is 5. The monoisotopic (exact) mass is 326 g/mol. The van der Waals surface area contributed by atoms with Crippen molar-refractivity contribution in [1.82, 2.24) is 14.9 Å². The summed E-state index contributed by atoms with van der Waals surface area (Å²) in [6.07, 6.45) is 1.62. The average molecular weight is 326 g/mol. The number of hydrogen-bond donors (Lipinski definition) is 2. The summed E-state index contributed by atoms with van der Waals surface area (Å²) in [7, 11) is 0. The molecule has 0 spiro atoms. The van der Waals surface area contributed by atoms with E-state index >= 15 is 0 Å². The first-order valence-electron chi connectivity index (χ1n) is 8.63. The summed E-state index contributed by atoms with van der Waals surface area (Å²) >= 11 is 0.